The van der Waals surface area contributed by atoms with Gasteiger partial charge in [-0.25, -0.2) is 0 Å². The number of hydrogen-bond donors (Lipinski definition) is 9. The van der Waals surface area contributed by atoms with Gasteiger partial charge in [0.05, 0.1) is 32.0 Å². The van der Waals surface area contributed by atoms with Crippen molar-refractivity contribution in [3.8, 4) is 0 Å². The van der Waals surface area contributed by atoms with Gasteiger partial charge in [0.25, 0.3) is 0 Å². The summed E-state index contributed by atoms with van der Waals surface area (Å²) >= 11 is 0. The van der Waals surface area contributed by atoms with Gasteiger partial charge in [-0.05, 0) is 89.9 Å². The number of allylic oxidation sites excluding steroid dienone is 19. The van der Waals surface area contributed by atoms with Crippen LogP contribution in [-0.2, 0) is 23.7 Å². The third kappa shape index (κ3) is 43.9. The number of hydrogen-bond acceptors (Lipinski definition) is 13. The number of aliphatic hydroxyl groups excluding tert-OH is 8. The first-order chi connectivity index (χ1) is 44.6. The van der Waals surface area contributed by atoms with Crippen molar-refractivity contribution in [2.24, 2.45) is 0 Å². The molecule has 9 N–H and O–H groups in total. The summed E-state index contributed by atoms with van der Waals surface area (Å²) in [7, 11) is 0. The van der Waals surface area contributed by atoms with Gasteiger partial charge >= 0.3 is 0 Å². The van der Waals surface area contributed by atoms with Gasteiger partial charge < -0.3 is 65.1 Å². The van der Waals surface area contributed by atoms with Gasteiger partial charge in [-0.1, -0.05) is 289 Å². The van der Waals surface area contributed by atoms with Gasteiger partial charge in [-0.3, -0.25) is 4.79 Å². The van der Waals surface area contributed by atoms with E-state index in [4.69, 9.17) is 18.9 Å². The first-order valence-corrected chi connectivity index (χ1v) is 36.3. The Hall–Kier alpha value is -3.61. The maximum absolute atomic E-state index is 13.3. The molecular formula is C77H131NO13. The lowest BCUT2D eigenvalue weighted by molar-refractivity contribution is -0.359. The molecule has 0 radical (unpaired) electrons. The summed E-state index contributed by atoms with van der Waals surface area (Å²) in [5, 5.41) is 87.5. The van der Waals surface area contributed by atoms with E-state index in [1.165, 1.54) is 141 Å². The molecule has 12 unspecified atom stereocenters. The van der Waals surface area contributed by atoms with E-state index in [0.29, 0.717) is 6.42 Å². The van der Waals surface area contributed by atoms with Crippen LogP contribution in [0.2, 0.25) is 0 Å². The maximum atomic E-state index is 13.3. The largest absolute Gasteiger partial charge is 0.394 e. The molecule has 0 saturated carbocycles. The van der Waals surface area contributed by atoms with Gasteiger partial charge in [-0.2, -0.15) is 0 Å². The quantitative estimate of drug-likeness (QED) is 0.0204. The first-order valence-electron chi connectivity index (χ1n) is 36.3. The molecule has 0 bridgehead atoms. The van der Waals surface area contributed by atoms with E-state index < -0.39 is 86.8 Å². The Morgan fingerprint density at radius 2 is 0.758 bits per heavy atom. The van der Waals surface area contributed by atoms with E-state index in [9.17, 15) is 45.6 Å². The molecule has 2 saturated heterocycles. The van der Waals surface area contributed by atoms with Crippen molar-refractivity contribution in [2.75, 3.05) is 19.8 Å². The van der Waals surface area contributed by atoms with Gasteiger partial charge in [0.2, 0.25) is 5.91 Å². The van der Waals surface area contributed by atoms with Crippen LogP contribution < -0.4 is 5.32 Å². The van der Waals surface area contributed by atoms with E-state index in [1.54, 1.807) is 6.08 Å². The highest BCUT2D eigenvalue weighted by atomic mass is 16.7. The summed E-state index contributed by atoms with van der Waals surface area (Å²) in [4.78, 5) is 13.3. The molecule has 522 valence electrons. The van der Waals surface area contributed by atoms with Crippen molar-refractivity contribution in [3.63, 3.8) is 0 Å². The number of carbonyl (C=O) groups is 1. The Morgan fingerprint density at radius 1 is 0.407 bits per heavy atom. The Balaban J connectivity index is 1.71. The number of amides is 1. The van der Waals surface area contributed by atoms with Gasteiger partial charge in [0.1, 0.15) is 48.8 Å². The molecule has 0 aliphatic carbocycles. The number of rotatable bonds is 58. The molecule has 2 aliphatic rings. The summed E-state index contributed by atoms with van der Waals surface area (Å²) in [6.45, 7) is 2.68. The smallest absolute Gasteiger partial charge is 0.220 e. The summed E-state index contributed by atoms with van der Waals surface area (Å²) < 4.78 is 22.8. The number of unbranched alkanes of at least 4 members (excludes halogenated alkanes) is 27. The van der Waals surface area contributed by atoms with Gasteiger partial charge in [-0.15, -0.1) is 0 Å². The predicted octanol–water partition coefficient (Wildman–Crippen LogP) is 15.3. The summed E-state index contributed by atoms with van der Waals surface area (Å²) in [5.41, 5.74) is 0. The third-order valence-electron chi connectivity index (χ3n) is 16.9. The molecule has 12 atom stereocenters. The average molecular weight is 1280 g/mol. The van der Waals surface area contributed by atoms with Crippen LogP contribution in [0.4, 0.5) is 0 Å². The lowest BCUT2D eigenvalue weighted by Crippen LogP contribution is -2.65. The number of aliphatic hydroxyl groups is 8. The molecule has 2 heterocycles. The fraction of sp³-hybridized carbons (Fsp3) is 0.727. The molecular weight excluding hydrogens is 1150 g/mol. The molecule has 0 aromatic rings. The van der Waals surface area contributed by atoms with Crippen molar-refractivity contribution in [1.29, 1.82) is 0 Å². The standard InChI is InChI=1S/C77H131NO13/c1-3-5-7-9-11-13-15-17-19-21-23-25-27-29-31-32-33-34-35-37-39-41-43-45-47-49-51-53-55-57-59-61-69(82)78-65(64-88-76-74(87)72(85)75(68(63-80)90-76)91-77-73(86)71(84)70(83)67(62-79)89-77)66(81)60-58-56-54-52-50-48-46-44-42-40-38-36-30-28-26-24-22-20-18-16-14-12-10-8-6-4-2/h5,7,11,13,17,19,23,25,29,31,33-34,37,39,43,45,49,51,58,60,65-68,70-77,79-81,83-87H,3-4,6,8-10,12,14-16,18,20-22,24,26-28,30,32,35-36,38,40-42,44,46-48,50,52-57,59,61-64H2,1-2H3,(H,78,82)/b7-5-,13-11-,19-17-,25-23-,31-29-,34-33-,39-37-,45-43-,51-49-,60-58+. The zero-order chi connectivity index (χ0) is 65.9. The highest BCUT2D eigenvalue weighted by Gasteiger charge is 2.51. The summed E-state index contributed by atoms with van der Waals surface area (Å²) in [6.07, 6.45) is 71.0. The van der Waals surface area contributed by atoms with Crippen LogP contribution >= 0.6 is 0 Å². The Bertz CT molecular complexity index is 1990. The zero-order valence-electron chi connectivity index (χ0n) is 56.8. The lowest BCUT2D eigenvalue weighted by Gasteiger charge is -2.46. The first kappa shape index (κ1) is 83.5. The van der Waals surface area contributed by atoms with Crippen LogP contribution in [0, 0.1) is 0 Å². The fourth-order valence-electron chi connectivity index (χ4n) is 11.2. The van der Waals surface area contributed by atoms with Crippen molar-refractivity contribution >= 4 is 5.91 Å². The van der Waals surface area contributed by atoms with Crippen LogP contribution in [0.1, 0.15) is 264 Å². The monoisotopic (exact) mass is 1280 g/mol. The topological polar surface area (TPSA) is 228 Å². The van der Waals surface area contributed by atoms with Gasteiger partial charge in [0, 0.05) is 6.42 Å². The second kappa shape index (κ2) is 60.1. The normalized spacial score (nSPS) is 23.5. The number of carbonyl (C=O) groups excluding carboxylic acids is 1. The van der Waals surface area contributed by atoms with E-state index in [-0.39, 0.29) is 18.9 Å². The average Bonchev–Trinajstić information content (AvgIpc) is 1.25. The summed E-state index contributed by atoms with van der Waals surface area (Å²) in [5.74, 6) is -0.274. The molecule has 0 aromatic heterocycles. The third-order valence-corrected chi connectivity index (χ3v) is 16.9. The van der Waals surface area contributed by atoms with Crippen LogP contribution in [-0.4, -0.2) is 140 Å². The molecule has 2 rings (SSSR count). The zero-order valence-corrected chi connectivity index (χ0v) is 56.8. The van der Waals surface area contributed by atoms with E-state index in [2.05, 4.69) is 129 Å². The van der Waals surface area contributed by atoms with Crippen molar-refractivity contribution in [2.45, 2.75) is 338 Å². The minimum Gasteiger partial charge on any atom is -0.394 e. The van der Waals surface area contributed by atoms with Crippen LogP contribution in [0.15, 0.2) is 122 Å². The Labute approximate surface area is 552 Å². The van der Waals surface area contributed by atoms with Crippen LogP contribution in [0.3, 0.4) is 0 Å². The number of nitrogens with one attached hydrogen (secondary N) is 1. The second-order valence-electron chi connectivity index (χ2n) is 25.0. The SMILES string of the molecule is CC/C=C\C/C=C\C/C=C\C/C=C\C/C=C\C/C=C\C/C=C\C/C=C\C/C=C\CCCCCC(=O)NC(COC1OC(CO)C(OC2OC(CO)C(O)C(O)C2O)C(O)C1O)C(O)/C=C/CCCCCCCCCCCCCCCCCCCCCCCCCC. The predicted molar refractivity (Wildman–Crippen MR) is 373 cm³/mol. The lowest BCUT2D eigenvalue weighted by atomic mass is 9.97. The van der Waals surface area contributed by atoms with E-state index in [1.807, 2.05) is 6.08 Å². The molecule has 2 fully saturated rings. The summed E-state index contributed by atoms with van der Waals surface area (Å²) in [6, 6.07) is -0.944. The molecule has 1 amide bonds. The Kier molecular flexibility index (Phi) is 55.1. The van der Waals surface area contributed by atoms with Crippen LogP contribution in [0.25, 0.3) is 0 Å². The van der Waals surface area contributed by atoms with E-state index >= 15 is 0 Å². The Morgan fingerprint density at radius 3 is 1.16 bits per heavy atom. The molecule has 14 nitrogen and oxygen atoms in total. The maximum Gasteiger partial charge on any atom is 0.220 e. The van der Waals surface area contributed by atoms with E-state index in [0.717, 1.165) is 96.3 Å². The van der Waals surface area contributed by atoms with Crippen molar-refractivity contribution in [1.82, 2.24) is 5.32 Å². The molecule has 0 spiro atoms. The molecule has 14 heteroatoms. The highest BCUT2D eigenvalue weighted by molar-refractivity contribution is 5.76. The second-order valence-corrected chi connectivity index (χ2v) is 25.0. The molecule has 2 aliphatic heterocycles. The van der Waals surface area contributed by atoms with Gasteiger partial charge in [0.15, 0.2) is 12.6 Å². The minimum absolute atomic E-state index is 0.233. The molecule has 91 heavy (non-hydrogen) atoms. The number of ether oxygens (including phenoxy) is 4. The van der Waals surface area contributed by atoms with Crippen molar-refractivity contribution < 1.29 is 64.6 Å². The highest BCUT2D eigenvalue weighted by Crippen LogP contribution is 2.30. The van der Waals surface area contributed by atoms with Crippen molar-refractivity contribution in [3.05, 3.63) is 122 Å². The fourth-order valence-corrected chi connectivity index (χ4v) is 11.2. The minimum atomic E-state index is -1.80. The van der Waals surface area contributed by atoms with Crippen LogP contribution in [0.5, 0.6) is 0 Å². The molecule has 0 aromatic carbocycles.